The Labute approximate surface area is 78.4 Å². The van der Waals surface area contributed by atoms with Crippen molar-refractivity contribution >= 4 is 0 Å². The Balaban J connectivity index is 3.18. The van der Waals surface area contributed by atoms with Gasteiger partial charge in [-0.15, -0.1) is 0 Å². The van der Waals surface area contributed by atoms with Gasteiger partial charge in [0, 0.05) is 17.9 Å². The van der Waals surface area contributed by atoms with Gasteiger partial charge in [0.25, 0.3) is 5.56 Å². The molecule has 1 rings (SSSR count). The van der Waals surface area contributed by atoms with Crippen molar-refractivity contribution in [3.8, 4) is 0 Å². The molecule has 0 aromatic carbocycles. The molecule has 0 saturated carbocycles. The monoisotopic (exact) mass is 180 g/mol. The lowest BCUT2D eigenvalue weighted by Gasteiger charge is -2.18. The first-order valence-corrected chi connectivity index (χ1v) is 4.73. The summed E-state index contributed by atoms with van der Waals surface area (Å²) in [5, 5.41) is 0. The molecular weight excluding hydrogens is 164 g/mol. The molecule has 0 atom stereocenters. The molecule has 3 heteroatoms. The number of aromatic nitrogens is 2. The molecule has 0 fully saturated rings. The van der Waals surface area contributed by atoms with Crippen LogP contribution in [0, 0.1) is 6.92 Å². The first-order chi connectivity index (χ1) is 6.20. The summed E-state index contributed by atoms with van der Waals surface area (Å²) in [4.78, 5) is 15.4. The van der Waals surface area contributed by atoms with Crippen LogP contribution in [0.5, 0.6) is 0 Å². The maximum Gasteiger partial charge on any atom is 0.269 e. The van der Waals surface area contributed by atoms with Crippen LogP contribution in [0.1, 0.15) is 38.4 Å². The first kappa shape index (κ1) is 9.96. The van der Waals surface area contributed by atoms with Crippen molar-refractivity contribution in [3.63, 3.8) is 0 Å². The summed E-state index contributed by atoms with van der Waals surface area (Å²) < 4.78 is 1.83. The Kier molecular flexibility index (Phi) is 3.23. The van der Waals surface area contributed by atoms with Crippen molar-refractivity contribution in [1.29, 1.82) is 0 Å². The third kappa shape index (κ3) is 1.97. The summed E-state index contributed by atoms with van der Waals surface area (Å²) in [5.74, 6) is 0. The molecule has 3 nitrogen and oxygen atoms in total. The number of rotatable bonds is 3. The third-order valence-corrected chi connectivity index (χ3v) is 2.37. The summed E-state index contributed by atoms with van der Waals surface area (Å²) in [7, 11) is 0. The molecule has 72 valence electrons. The molecule has 1 aromatic heterocycles. The molecule has 0 unspecified atom stereocenters. The molecule has 0 aliphatic carbocycles. The summed E-state index contributed by atoms with van der Waals surface area (Å²) in [6, 6.07) is 0.315. The highest BCUT2D eigenvalue weighted by molar-refractivity contribution is 4.97. The fourth-order valence-electron chi connectivity index (χ4n) is 1.63. The van der Waals surface area contributed by atoms with Crippen LogP contribution in [0.15, 0.2) is 17.2 Å². The SMILES string of the molecule is CCC(CC)n1c(C)cncc1=O. The zero-order chi connectivity index (χ0) is 9.84. The van der Waals surface area contributed by atoms with Crippen molar-refractivity contribution in [2.75, 3.05) is 0 Å². The molecule has 0 bridgehead atoms. The van der Waals surface area contributed by atoms with Gasteiger partial charge in [0.05, 0.1) is 6.20 Å². The summed E-state index contributed by atoms with van der Waals surface area (Å²) in [6.45, 7) is 6.12. The standard InChI is InChI=1S/C10H16N2O/c1-4-9(5-2)12-8(3)6-11-7-10(12)13/h6-7,9H,4-5H2,1-3H3. The first-order valence-electron chi connectivity index (χ1n) is 4.73. The third-order valence-electron chi connectivity index (χ3n) is 2.37. The molecule has 0 N–H and O–H groups in total. The second-order valence-electron chi connectivity index (χ2n) is 3.23. The van der Waals surface area contributed by atoms with Gasteiger partial charge in [-0.3, -0.25) is 9.78 Å². The molecule has 0 amide bonds. The van der Waals surface area contributed by atoms with Crippen LogP contribution in [0.25, 0.3) is 0 Å². The van der Waals surface area contributed by atoms with Crippen molar-refractivity contribution in [1.82, 2.24) is 9.55 Å². The van der Waals surface area contributed by atoms with Gasteiger partial charge in [-0.25, -0.2) is 0 Å². The van der Waals surface area contributed by atoms with Crippen LogP contribution in [0.2, 0.25) is 0 Å². The van der Waals surface area contributed by atoms with Gasteiger partial charge in [-0.1, -0.05) is 13.8 Å². The average molecular weight is 180 g/mol. The smallest absolute Gasteiger partial charge is 0.269 e. The highest BCUT2D eigenvalue weighted by atomic mass is 16.1. The van der Waals surface area contributed by atoms with E-state index in [0.717, 1.165) is 18.5 Å². The molecule has 0 aliphatic heterocycles. The zero-order valence-corrected chi connectivity index (χ0v) is 8.45. The van der Waals surface area contributed by atoms with E-state index in [0.29, 0.717) is 6.04 Å². The molecule has 1 heterocycles. The van der Waals surface area contributed by atoms with Crippen LogP contribution in [0.4, 0.5) is 0 Å². The molecule has 0 radical (unpaired) electrons. The lowest BCUT2D eigenvalue weighted by molar-refractivity contribution is 0.447. The van der Waals surface area contributed by atoms with Gasteiger partial charge in [0.15, 0.2) is 0 Å². The summed E-state index contributed by atoms with van der Waals surface area (Å²) >= 11 is 0. The summed E-state index contributed by atoms with van der Waals surface area (Å²) in [5.41, 5.74) is 0.954. The van der Waals surface area contributed by atoms with E-state index >= 15 is 0 Å². The predicted octanol–water partition coefficient (Wildman–Crippen LogP) is 1.91. The second-order valence-corrected chi connectivity index (χ2v) is 3.23. The van der Waals surface area contributed by atoms with Gasteiger partial charge in [-0.05, 0) is 19.8 Å². The van der Waals surface area contributed by atoms with Crippen LogP contribution in [-0.4, -0.2) is 9.55 Å². The van der Waals surface area contributed by atoms with Crippen LogP contribution in [-0.2, 0) is 0 Å². The van der Waals surface area contributed by atoms with E-state index in [-0.39, 0.29) is 5.56 Å². The van der Waals surface area contributed by atoms with Crippen LogP contribution < -0.4 is 5.56 Å². The van der Waals surface area contributed by atoms with Gasteiger partial charge in [-0.2, -0.15) is 0 Å². The maximum atomic E-state index is 11.5. The number of nitrogens with zero attached hydrogens (tertiary/aromatic N) is 2. The van der Waals surface area contributed by atoms with E-state index in [4.69, 9.17) is 0 Å². The Morgan fingerprint density at radius 3 is 2.46 bits per heavy atom. The maximum absolute atomic E-state index is 11.5. The average Bonchev–Trinajstić information content (AvgIpc) is 2.11. The van der Waals surface area contributed by atoms with Crippen molar-refractivity contribution in [2.24, 2.45) is 0 Å². The molecule has 0 spiro atoms. The van der Waals surface area contributed by atoms with E-state index < -0.39 is 0 Å². The topological polar surface area (TPSA) is 34.9 Å². The number of aryl methyl sites for hydroxylation is 1. The van der Waals surface area contributed by atoms with E-state index in [2.05, 4.69) is 18.8 Å². The zero-order valence-electron chi connectivity index (χ0n) is 8.45. The van der Waals surface area contributed by atoms with Gasteiger partial charge in [0.1, 0.15) is 0 Å². The Bertz CT molecular complexity index is 326. The highest BCUT2D eigenvalue weighted by Gasteiger charge is 2.09. The van der Waals surface area contributed by atoms with Gasteiger partial charge >= 0.3 is 0 Å². The van der Waals surface area contributed by atoms with E-state index in [9.17, 15) is 4.79 Å². The molecule has 1 aromatic rings. The van der Waals surface area contributed by atoms with Crippen LogP contribution in [0.3, 0.4) is 0 Å². The summed E-state index contributed by atoms with van der Waals surface area (Å²) in [6.07, 6.45) is 5.09. The normalized spacial score (nSPS) is 10.8. The Hall–Kier alpha value is -1.12. The van der Waals surface area contributed by atoms with Gasteiger partial charge < -0.3 is 4.57 Å². The lowest BCUT2D eigenvalue weighted by Crippen LogP contribution is -2.25. The Morgan fingerprint density at radius 2 is 2.00 bits per heavy atom. The van der Waals surface area contributed by atoms with Crippen molar-refractivity contribution < 1.29 is 0 Å². The van der Waals surface area contributed by atoms with Crippen molar-refractivity contribution in [2.45, 2.75) is 39.7 Å². The predicted molar refractivity (Wildman–Crippen MR) is 52.9 cm³/mol. The van der Waals surface area contributed by atoms with E-state index in [1.54, 1.807) is 6.20 Å². The Morgan fingerprint density at radius 1 is 1.38 bits per heavy atom. The van der Waals surface area contributed by atoms with E-state index in [1.807, 2.05) is 11.5 Å². The minimum Gasteiger partial charge on any atom is -0.307 e. The number of hydrogen-bond acceptors (Lipinski definition) is 2. The molecule has 0 aliphatic rings. The minimum absolute atomic E-state index is 0.00806. The molecule has 13 heavy (non-hydrogen) atoms. The fraction of sp³-hybridized carbons (Fsp3) is 0.600. The highest BCUT2D eigenvalue weighted by Crippen LogP contribution is 2.13. The number of hydrogen-bond donors (Lipinski definition) is 0. The second kappa shape index (κ2) is 4.21. The van der Waals surface area contributed by atoms with Crippen molar-refractivity contribution in [3.05, 3.63) is 28.4 Å². The molecule has 0 saturated heterocycles. The quantitative estimate of drug-likeness (QED) is 0.712. The largest absolute Gasteiger partial charge is 0.307 e. The van der Waals surface area contributed by atoms with Crippen LogP contribution >= 0.6 is 0 Å². The lowest BCUT2D eigenvalue weighted by atomic mass is 10.1. The van der Waals surface area contributed by atoms with E-state index in [1.165, 1.54) is 6.20 Å². The minimum atomic E-state index is 0.00806. The van der Waals surface area contributed by atoms with Gasteiger partial charge in [0.2, 0.25) is 0 Å². The fourth-order valence-corrected chi connectivity index (χ4v) is 1.63. The molecular formula is C10H16N2O.